The highest BCUT2D eigenvalue weighted by Gasteiger charge is 2.06. The molecule has 0 aromatic heterocycles. The van der Waals surface area contributed by atoms with Crippen molar-refractivity contribution in [2.75, 3.05) is 6.61 Å². The van der Waals surface area contributed by atoms with Gasteiger partial charge in [0, 0.05) is 12.6 Å². The summed E-state index contributed by atoms with van der Waals surface area (Å²) in [5, 5.41) is 2.56. The summed E-state index contributed by atoms with van der Waals surface area (Å²) in [5.74, 6) is -2.75. The van der Waals surface area contributed by atoms with E-state index in [1.165, 1.54) is 18.2 Å². The Balaban J connectivity index is 1.79. The Bertz CT molecular complexity index is 629. The van der Waals surface area contributed by atoms with E-state index in [-0.39, 0.29) is 24.7 Å². The van der Waals surface area contributed by atoms with Gasteiger partial charge in [-0.2, -0.15) is 0 Å². The molecule has 3 nitrogen and oxygen atoms in total. The molecule has 0 aliphatic rings. The van der Waals surface area contributed by atoms with Crippen LogP contribution in [0.5, 0.6) is 5.75 Å². The van der Waals surface area contributed by atoms with Gasteiger partial charge in [-0.3, -0.25) is 4.79 Å². The lowest BCUT2D eigenvalue weighted by atomic mass is 10.2. The molecule has 6 heteroatoms. The van der Waals surface area contributed by atoms with Gasteiger partial charge < -0.3 is 10.1 Å². The Morgan fingerprint density at radius 2 is 1.71 bits per heavy atom. The number of hydrogen-bond donors (Lipinski definition) is 1. The summed E-state index contributed by atoms with van der Waals surface area (Å²) >= 11 is 0. The lowest BCUT2D eigenvalue weighted by Crippen LogP contribution is -2.28. The number of ether oxygens (including phenoxy) is 1. The molecule has 1 N–H and O–H groups in total. The van der Waals surface area contributed by atoms with Gasteiger partial charge in [0.2, 0.25) is 0 Å². The molecule has 0 spiro atoms. The zero-order valence-corrected chi connectivity index (χ0v) is 10.9. The monoisotopic (exact) mass is 295 g/mol. The van der Waals surface area contributed by atoms with Gasteiger partial charge in [0.05, 0.1) is 0 Å². The first-order chi connectivity index (χ1) is 10.0. The van der Waals surface area contributed by atoms with E-state index >= 15 is 0 Å². The average Bonchev–Trinajstić information content (AvgIpc) is 2.48. The zero-order valence-electron chi connectivity index (χ0n) is 10.9. The number of rotatable bonds is 5. The third-order valence-corrected chi connectivity index (χ3v) is 2.66. The van der Waals surface area contributed by atoms with Crippen LogP contribution < -0.4 is 10.1 Å². The number of hydrogen-bond acceptors (Lipinski definition) is 2. The fraction of sp³-hybridized carbons (Fsp3) is 0.133. The Hall–Kier alpha value is -2.50. The fourth-order valence-corrected chi connectivity index (χ4v) is 1.57. The first-order valence-electron chi connectivity index (χ1n) is 6.13. The first kappa shape index (κ1) is 14.9. The lowest BCUT2D eigenvalue weighted by Gasteiger charge is -2.08. The second kappa shape index (κ2) is 6.78. The van der Waals surface area contributed by atoms with Crippen LogP contribution in [0.3, 0.4) is 0 Å². The van der Waals surface area contributed by atoms with E-state index in [0.717, 1.165) is 17.7 Å². The predicted molar refractivity (Wildman–Crippen MR) is 70.1 cm³/mol. The van der Waals surface area contributed by atoms with Crippen molar-refractivity contribution >= 4 is 5.91 Å². The predicted octanol–water partition coefficient (Wildman–Crippen LogP) is 2.80. The maximum atomic E-state index is 12.9. The second-order valence-electron chi connectivity index (χ2n) is 4.27. The molecular weight excluding hydrogens is 283 g/mol. The molecule has 0 unspecified atom stereocenters. The molecule has 0 bridgehead atoms. The first-order valence-corrected chi connectivity index (χ1v) is 6.13. The van der Waals surface area contributed by atoms with Crippen LogP contribution in [-0.4, -0.2) is 12.5 Å². The van der Waals surface area contributed by atoms with E-state index in [1.54, 1.807) is 12.1 Å². The van der Waals surface area contributed by atoms with Crippen molar-refractivity contribution in [2.45, 2.75) is 6.54 Å². The summed E-state index contributed by atoms with van der Waals surface area (Å²) in [6.45, 7) is -0.105. The van der Waals surface area contributed by atoms with Crippen LogP contribution in [0.2, 0.25) is 0 Å². The average molecular weight is 295 g/mol. The summed E-state index contributed by atoms with van der Waals surface area (Å²) < 4.78 is 43.3. The topological polar surface area (TPSA) is 38.3 Å². The summed E-state index contributed by atoms with van der Waals surface area (Å²) in [6.07, 6.45) is 0. The van der Waals surface area contributed by atoms with Crippen LogP contribution >= 0.6 is 0 Å². The number of carbonyl (C=O) groups excluding carboxylic acids is 1. The molecule has 0 saturated heterocycles. The normalized spacial score (nSPS) is 10.2. The van der Waals surface area contributed by atoms with Crippen molar-refractivity contribution in [1.82, 2.24) is 5.32 Å². The largest absolute Gasteiger partial charge is 0.484 e. The Morgan fingerprint density at radius 1 is 1.00 bits per heavy atom. The van der Waals surface area contributed by atoms with Gasteiger partial charge in [0.15, 0.2) is 18.2 Å². The Morgan fingerprint density at radius 3 is 2.38 bits per heavy atom. The fourth-order valence-electron chi connectivity index (χ4n) is 1.57. The summed E-state index contributed by atoms with van der Waals surface area (Å²) in [6, 6.07) is 8.69. The highest BCUT2D eigenvalue weighted by atomic mass is 19.2. The minimum absolute atomic E-state index is 0.0610. The number of nitrogens with one attached hydrogen (secondary N) is 1. The molecule has 110 valence electrons. The summed E-state index contributed by atoms with van der Waals surface area (Å²) in [7, 11) is 0. The number of amides is 1. The molecule has 0 aliphatic heterocycles. The smallest absolute Gasteiger partial charge is 0.258 e. The zero-order chi connectivity index (χ0) is 15.2. The highest BCUT2D eigenvalue weighted by molar-refractivity contribution is 5.77. The van der Waals surface area contributed by atoms with Crippen LogP contribution in [0.15, 0.2) is 42.5 Å². The van der Waals surface area contributed by atoms with Crippen LogP contribution in [-0.2, 0) is 11.3 Å². The third-order valence-electron chi connectivity index (χ3n) is 2.66. The van der Waals surface area contributed by atoms with E-state index in [9.17, 15) is 18.0 Å². The van der Waals surface area contributed by atoms with Gasteiger partial charge in [-0.05, 0) is 29.8 Å². The van der Waals surface area contributed by atoms with E-state index in [0.29, 0.717) is 0 Å². The molecule has 0 heterocycles. The van der Waals surface area contributed by atoms with Crippen LogP contribution in [0.4, 0.5) is 13.2 Å². The van der Waals surface area contributed by atoms with Gasteiger partial charge in [0.1, 0.15) is 11.6 Å². The number of benzene rings is 2. The molecule has 2 aromatic carbocycles. The minimum Gasteiger partial charge on any atom is -0.484 e. The van der Waals surface area contributed by atoms with Crippen molar-refractivity contribution in [2.24, 2.45) is 0 Å². The quantitative estimate of drug-likeness (QED) is 0.921. The number of halogens is 3. The Labute approximate surface area is 119 Å². The van der Waals surface area contributed by atoms with Gasteiger partial charge in [-0.1, -0.05) is 12.1 Å². The van der Waals surface area contributed by atoms with Crippen molar-refractivity contribution in [1.29, 1.82) is 0 Å². The molecule has 1 amide bonds. The molecule has 21 heavy (non-hydrogen) atoms. The van der Waals surface area contributed by atoms with E-state index in [2.05, 4.69) is 5.32 Å². The maximum Gasteiger partial charge on any atom is 0.258 e. The molecule has 0 atom stereocenters. The van der Waals surface area contributed by atoms with Crippen LogP contribution in [0.25, 0.3) is 0 Å². The Kier molecular flexibility index (Phi) is 4.81. The van der Waals surface area contributed by atoms with Gasteiger partial charge in [-0.25, -0.2) is 13.2 Å². The summed E-state index contributed by atoms with van der Waals surface area (Å²) in [5.41, 5.74) is 0.734. The molecule has 0 aliphatic carbocycles. The SMILES string of the molecule is O=C(COc1ccc(F)c(F)c1)NCc1ccc(F)cc1. The lowest BCUT2D eigenvalue weighted by molar-refractivity contribution is -0.123. The van der Waals surface area contributed by atoms with Crippen molar-refractivity contribution in [3.63, 3.8) is 0 Å². The van der Waals surface area contributed by atoms with Crippen molar-refractivity contribution in [3.8, 4) is 5.75 Å². The standard InChI is InChI=1S/C15H12F3NO2/c16-11-3-1-10(2-4-11)8-19-15(20)9-21-12-5-6-13(17)14(18)7-12/h1-7H,8-9H2,(H,19,20). The van der Waals surface area contributed by atoms with Crippen LogP contribution in [0.1, 0.15) is 5.56 Å². The van der Waals surface area contributed by atoms with Crippen LogP contribution in [0, 0.1) is 17.5 Å². The maximum absolute atomic E-state index is 12.9. The van der Waals surface area contributed by atoms with Gasteiger partial charge in [-0.15, -0.1) is 0 Å². The molecule has 0 saturated carbocycles. The molecular formula is C15H12F3NO2. The molecule has 2 rings (SSSR count). The number of carbonyl (C=O) groups is 1. The molecule has 0 radical (unpaired) electrons. The highest BCUT2D eigenvalue weighted by Crippen LogP contribution is 2.15. The van der Waals surface area contributed by atoms with Crippen molar-refractivity contribution in [3.05, 3.63) is 65.5 Å². The molecule has 0 fully saturated rings. The third kappa shape index (κ3) is 4.52. The summed E-state index contributed by atoms with van der Waals surface area (Å²) in [4.78, 5) is 11.5. The minimum atomic E-state index is -1.04. The van der Waals surface area contributed by atoms with Crippen molar-refractivity contribution < 1.29 is 22.7 Å². The second-order valence-corrected chi connectivity index (χ2v) is 4.27. The van der Waals surface area contributed by atoms with E-state index < -0.39 is 17.5 Å². The van der Waals surface area contributed by atoms with E-state index in [4.69, 9.17) is 4.74 Å². The van der Waals surface area contributed by atoms with Gasteiger partial charge in [0.25, 0.3) is 5.91 Å². The van der Waals surface area contributed by atoms with E-state index in [1.807, 2.05) is 0 Å². The van der Waals surface area contributed by atoms with Gasteiger partial charge >= 0.3 is 0 Å². The molecule has 2 aromatic rings.